The van der Waals surface area contributed by atoms with Crippen molar-refractivity contribution in [2.45, 2.75) is 13.3 Å². The van der Waals surface area contributed by atoms with Gasteiger partial charge in [0.2, 0.25) is 0 Å². The topological polar surface area (TPSA) is 49.3 Å². The zero-order chi connectivity index (χ0) is 13.7. The van der Waals surface area contributed by atoms with Gasteiger partial charge in [-0.05, 0) is 30.9 Å². The normalized spacial score (nSPS) is 11.0. The van der Waals surface area contributed by atoms with Gasteiger partial charge in [0.05, 0.1) is 5.56 Å². The highest BCUT2D eigenvalue weighted by Gasteiger charge is 2.10. The number of fused-ring (bicyclic) bond motifs is 1. The second-order valence-corrected chi connectivity index (χ2v) is 4.30. The van der Waals surface area contributed by atoms with E-state index in [1.54, 1.807) is 6.07 Å². The minimum Gasteiger partial charge on any atom is -0.478 e. The summed E-state index contributed by atoms with van der Waals surface area (Å²) in [5, 5.41) is 14.3. The Hall–Kier alpha value is -2.29. The summed E-state index contributed by atoms with van der Waals surface area (Å²) in [6.07, 6.45) is 5.07. The molecule has 0 atom stereocenters. The molecule has 0 bridgehead atoms. The SMILES string of the molecule is C/C=C/CCNc1ccc(C(=O)O)c2ccccc12. The average molecular weight is 255 g/mol. The molecule has 0 saturated heterocycles. The third-order valence-corrected chi connectivity index (χ3v) is 3.02. The Labute approximate surface area is 112 Å². The van der Waals surface area contributed by atoms with Gasteiger partial charge in [-0.25, -0.2) is 4.79 Å². The summed E-state index contributed by atoms with van der Waals surface area (Å²) in [4.78, 5) is 11.2. The van der Waals surface area contributed by atoms with Crippen molar-refractivity contribution in [1.82, 2.24) is 0 Å². The van der Waals surface area contributed by atoms with Crippen LogP contribution in [0.3, 0.4) is 0 Å². The van der Waals surface area contributed by atoms with Crippen molar-refractivity contribution in [1.29, 1.82) is 0 Å². The predicted octanol–water partition coefficient (Wildman–Crippen LogP) is 3.92. The summed E-state index contributed by atoms with van der Waals surface area (Å²) in [5.41, 5.74) is 1.32. The Balaban J connectivity index is 2.35. The summed E-state index contributed by atoms with van der Waals surface area (Å²) in [6.45, 7) is 2.83. The Kier molecular flexibility index (Phi) is 4.18. The lowest BCUT2D eigenvalue weighted by atomic mass is 10.0. The van der Waals surface area contributed by atoms with Crippen molar-refractivity contribution < 1.29 is 9.90 Å². The van der Waals surface area contributed by atoms with E-state index in [1.165, 1.54) is 0 Å². The van der Waals surface area contributed by atoms with Crippen molar-refractivity contribution in [3.05, 3.63) is 54.1 Å². The van der Waals surface area contributed by atoms with Gasteiger partial charge in [0.25, 0.3) is 0 Å². The fourth-order valence-corrected chi connectivity index (χ4v) is 2.10. The van der Waals surface area contributed by atoms with E-state index in [0.717, 1.165) is 29.4 Å². The molecule has 0 radical (unpaired) electrons. The van der Waals surface area contributed by atoms with Gasteiger partial charge in [-0.2, -0.15) is 0 Å². The quantitative estimate of drug-likeness (QED) is 0.629. The van der Waals surface area contributed by atoms with Crippen LogP contribution < -0.4 is 5.32 Å². The zero-order valence-corrected chi connectivity index (χ0v) is 10.9. The molecule has 2 aromatic carbocycles. The van der Waals surface area contributed by atoms with Crippen LogP contribution in [0.25, 0.3) is 10.8 Å². The first-order chi connectivity index (χ1) is 9.24. The van der Waals surface area contributed by atoms with Crippen LogP contribution in [-0.4, -0.2) is 17.6 Å². The lowest BCUT2D eigenvalue weighted by molar-refractivity contribution is 0.0699. The van der Waals surface area contributed by atoms with E-state index in [-0.39, 0.29) is 0 Å². The highest BCUT2D eigenvalue weighted by Crippen LogP contribution is 2.26. The van der Waals surface area contributed by atoms with Crippen molar-refractivity contribution >= 4 is 22.4 Å². The number of rotatable bonds is 5. The molecular weight excluding hydrogens is 238 g/mol. The van der Waals surface area contributed by atoms with Crippen LogP contribution in [0.1, 0.15) is 23.7 Å². The molecule has 98 valence electrons. The second kappa shape index (κ2) is 6.05. The third-order valence-electron chi connectivity index (χ3n) is 3.02. The number of carbonyl (C=O) groups is 1. The smallest absolute Gasteiger partial charge is 0.336 e. The number of hydrogen-bond donors (Lipinski definition) is 2. The Morgan fingerprint density at radius 2 is 1.95 bits per heavy atom. The van der Waals surface area contributed by atoms with Crippen LogP contribution in [0.4, 0.5) is 5.69 Å². The van der Waals surface area contributed by atoms with Crippen LogP contribution in [0, 0.1) is 0 Å². The Bertz CT molecular complexity index is 617. The molecular formula is C16H17NO2. The molecule has 2 aromatic rings. The van der Waals surface area contributed by atoms with Crippen LogP contribution in [-0.2, 0) is 0 Å². The molecule has 0 fully saturated rings. The maximum atomic E-state index is 11.2. The standard InChI is InChI=1S/C16H17NO2/c1-2-3-6-11-17-15-10-9-14(16(18)19)12-7-4-5-8-13(12)15/h2-5,7-10,17H,6,11H2,1H3,(H,18,19)/b3-2+. The van der Waals surface area contributed by atoms with Gasteiger partial charge in [-0.3, -0.25) is 0 Å². The predicted molar refractivity (Wildman–Crippen MR) is 78.8 cm³/mol. The van der Waals surface area contributed by atoms with E-state index >= 15 is 0 Å². The number of carboxylic acid groups (broad SMARTS) is 1. The number of carboxylic acids is 1. The van der Waals surface area contributed by atoms with Crippen molar-refractivity contribution in [2.75, 3.05) is 11.9 Å². The first-order valence-electron chi connectivity index (χ1n) is 6.34. The number of benzene rings is 2. The number of aromatic carboxylic acids is 1. The molecule has 2 rings (SSSR count). The molecule has 0 aliphatic carbocycles. The lowest BCUT2D eigenvalue weighted by Gasteiger charge is -2.10. The fraction of sp³-hybridized carbons (Fsp3) is 0.188. The van der Waals surface area contributed by atoms with E-state index in [0.29, 0.717) is 5.56 Å². The molecule has 19 heavy (non-hydrogen) atoms. The molecule has 0 aliphatic rings. The number of hydrogen-bond acceptors (Lipinski definition) is 2. The summed E-state index contributed by atoms with van der Waals surface area (Å²) in [5.74, 6) is -0.892. The van der Waals surface area contributed by atoms with Crippen LogP contribution in [0.15, 0.2) is 48.6 Å². The van der Waals surface area contributed by atoms with Gasteiger partial charge < -0.3 is 10.4 Å². The van der Waals surface area contributed by atoms with Crippen molar-refractivity contribution in [3.63, 3.8) is 0 Å². The third kappa shape index (κ3) is 2.94. The number of nitrogens with one attached hydrogen (secondary N) is 1. The molecule has 0 heterocycles. The minimum atomic E-state index is -0.892. The molecule has 3 nitrogen and oxygen atoms in total. The van der Waals surface area contributed by atoms with E-state index in [9.17, 15) is 9.90 Å². The zero-order valence-electron chi connectivity index (χ0n) is 10.9. The highest BCUT2D eigenvalue weighted by molar-refractivity contribution is 6.07. The highest BCUT2D eigenvalue weighted by atomic mass is 16.4. The van der Waals surface area contributed by atoms with E-state index in [1.807, 2.05) is 43.3 Å². The summed E-state index contributed by atoms with van der Waals surface area (Å²) >= 11 is 0. The Morgan fingerprint density at radius 3 is 2.63 bits per heavy atom. The fourth-order valence-electron chi connectivity index (χ4n) is 2.10. The Morgan fingerprint density at radius 1 is 1.21 bits per heavy atom. The van der Waals surface area contributed by atoms with Crippen LogP contribution in [0.5, 0.6) is 0 Å². The molecule has 3 heteroatoms. The van der Waals surface area contributed by atoms with Crippen LogP contribution >= 0.6 is 0 Å². The number of anilines is 1. The molecule has 0 unspecified atom stereocenters. The van der Waals surface area contributed by atoms with Crippen molar-refractivity contribution in [2.24, 2.45) is 0 Å². The maximum absolute atomic E-state index is 11.2. The first kappa shape index (κ1) is 13.1. The van der Waals surface area contributed by atoms with Gasteiger partial charge in [-0.1, -0.05) is 36.4 Å². The summed E-state index contributed by atoms with van der Waals surface area (Å²) in [6, 6.07) is 11.1. The molecule has 0 spiro atoms. The monoisotopic (exact) mass is 255 g/mol. The van der Waals surface area contributed by atoms with E-state index in [4.69, 9.17) is 0 Å². The first-order valence-corrected chi connectivity index (χ1v) is 6.34. The second-order valence-electron chi connectivity index (χ2n) is 4.30. The van der Waals surface area contributed by atoms with Gasteiger partial charge in [0, 0.05) is 17.6 Å². The molecule has 0 aromatic heterocycles. The van der Waals surface area contributed by atoms with Gasteiger partial charge in [-0.15, -0.1) is 0 Å². The summed E-state index contributed by atoms with van der Waals surface area (Å²) in [7, 11) is 0. The minimum absolute atomic E-state index is 0.342. The lowest BCUT2D eigenvalue weighted by Crippen LogP contribution is -2.03. The van der Waals surface area contributed by atoms with Crippen molar-refractivity contribution in [3.8, 4) is 0 Å². The van der Waals surface area contributed by atoms with Crippen LogP contribution in [0.2, 0.25) is 0 Å². The summed E-state index contributed by atoms with van der Waals surface area (Å²) < 4.78 is 0. The molecule has 2 N–H and O–H groups in total. The number of allylic oxidation sites excluding steroid dienone is 1. The van der Waals surface area contributed by atoms with E-state index in [2.05, 4.69) is 11.4 Å². The van der Waals surface area contributed by atoms with Gasteiger partial charge >= 0.3 is 5.97 Å². The van der Waals surface area contributed by atoms with Gasteiger partial charge in [0.1, 0.15) is 0 Å². The molecule has 0 aliphatic heterocycles. The molecule has 0 saturated carbocycles. The van der Waals surface area contributed by atoms with E-state index < -0.39 is 5.97 Å². The maximum Gasteiger partial charge on any atom is 0.336 e. The average Bonchev–Trinajstić information content (AvgIpc) is 2.43. The molecule has 0 amide bonds. The largest absolute Gasteiger partial charge is 0.478 e. The van der Waals surface area contributed by atoms with Gasteiger partial charge in [0.15, 0.2) is 0 Å².